The van der Waals surface area contributed by atoms with Gasteiger partial charge in [-0.2, -0.15) is 0 Å². The highest BCUT2D eigenvalue weighted by Gasteiger charge is 2.24. The van der Waals surface area contributed by atoms with Gasteiger partial charge in [0.05, 0.1) is 18.3 Å². The number of benzene rings is 2. The Bertz CT molecular complexity index is 1010. The van der Waals surface area contributed by atoms with Crippen molar-refractivity contribution in [1.29, 1.82) is 0 Å². The van der Waals surface area contributed by atoms with Crippen molar-refractivity contribution < 1.29 is 23.8 Å². The molecule has 0 radical (unpaired) electrons. The molecular weight excluding hydrogens is 456 g/mol. The molecule has 0 heterocycles. The van der Waals surface area contributed by atoms with Crippen molar-refractivity contribution in [3.63, 3.8) is 0 Å². The minimum absolute atomic E-state index is 0.0648. The molecule has 0 aliphatic heterocycles. The van der Waals surface area contributed by atoms with E-state index >= 15 is 0 Å². The van der Waals surface area contributed by atoms with Crippen LogP contribution < -0.4 is 11.5 Å². The Kier molecular flexibility index (Phi) is 10.8. The summed E-state index contributed by atoms with van der Waals surface area (Å²) < 4.78 is 16.9. The number of anilines is 2. The molecule has 0 bridgehead atoms. The van der Waals surface area contributed by atoms with Gasteiger partial charge >= 0.3 is 11.9 Å². The van der Waals surface area contributed by atoms with Crippen molar-refractivity contribution in [2.24, 2.45) is 0 Å². The number of unbranched alkanes of at least 4 members (excludes halogenated alkanes) is 2. The monoisotopic (exact) mass is 494 g/mol. The fourth-order valence-electron chi connectivity index (χ4n) is 4.18. The molecule has 36 heavy (non-hydrogen) atoms. The minimum atomic E-state index is -0.453. The van der Waals surface area contributed by atoms with E-state index in [2.05, 4.69) is 6.92 Å². The van der Waals surface area contributed by atoms with E-state index in [0.717, 1.165) is 49.8 Å². The molecule has 1 saturated carbocycles. The van der Waals surface area contributed by atoms with E-state index < -0.39 is 5.97 Å². The molecular formula is C29H38N2O5. The van der Waals surface area contributed by atoms with Crippen LogP contribution in [0.3, 0.4) is 0 Å². The topological polar surface area (TPSA) is 114 Å². The van der Waals surface area contributed by atoms with E-state index in [9.17, 15) is 9.59 Å². The van der Waals surface area contributed by atoms with E-state index in [1.165, 1.54) is 18.9 Å². The third kappa shape index (κ3) is 9.04. The van der Waals surface area contributed by atoms with E-state index in [1.54, 1.807) is 48.5 Å². The molecule has 0 atom stereocenters. The Hall–Kier alpha value is -3.32. The molecule has 7 heteroatoms. The van der Waals surface area contributed by atoms with Gasteiger partial charge in [0.1, 0.15) is 6.10 Å². The second-order valence-electron chi connectivity index (χ2n) is 9.21. The lowest BCUT2D eigenvalue weighted by atomic mass is 9.95. The minimum Gasteiger partial charge on any atom is -0.462 e. The summed E-state index contributed by atoms with van der Waals surface area (Å²) in [5.74, 6) is -0.774. The second-order valence-corrected chi connectivity index (χ2v) is 9.21. The fraction of sp³-hybridized carbons (Fsp3) is 0.448. The molecule has 1 aliphatic carbocycles. The average molecular weight is 495 g/mol. The van der Waals surface area contributed by atoms with Crippen LogP contribution in [0.4, 0.5) is 11.4 Å². The van der Waals surface area contributed by atoms with Gasteiger partial charge in [-0.05, 0) is 79.6 Å². The average Bonchev–Trinajstić information content (AvgIpc) is 2.88. The van der Waals surface area contributed by atoms with Crippen LogP contribution in [-0.4, -0.2) is 37.4 Å². The quantitative estimate of drug-likeness (QED) is 0.177. The summed E-state index contributed by atoms with van der Waals surface area (Å²) in [6.07, 6.45) is 10.7. The summed E-state index contributed by atoms with van der Waals surface area (Å²) in [6.45, 7) is 3.21. The highest BCUT2D eigenvalue weighted by Crippen LogP contribution is 2.25. The van der Waals surface area contributed by atoms with Crippen LogP contribution in [0.25, 0.3) is 6.08 Å². The van der Waals surface area contributed by atoms with E-state index in [1.807, 2.05) is 0 Å². The van der Waals surface area contributed by atoms with Gasteiger partial charge in [0.2, 0.25) is 0 Å². The van der Waals surface area contributed by atoms with Crippen molar-refractivity contribution in [3.8, 4) is 0 Å². The van der Waals surface area contributed by atoms with Crippen LogP contribution >= 0.6 is 0 Å². The molecule has 1 aliphatic rings. The molecule has 0 saturated heterocycles. The summed E-state index contributed by atoms with van der Waals surface area (Å²) in [5.41, 5.74) is 15.0. The van der Waals surface area contributed by atoms with Crippen molar-refractivity contribution >= 4 is 29.4 Å². The van der Waals surface area contributed by atoms with Gasteiger partial charge in [-0.3, -0.25) is 0 Å². The van der Waals surface area contributed by atoms with Crippen LogP contribution in [0.1, 0.15) is 73.4 Å². The van der Waals surface area contributed by atoms with Crippen LogP contribution in [0.15, 0.2) is 48.5 Å². The number of hydrogen-bond donors (Lipinski definition) is 2. The molecule has 2 aromatic rings. The van der Waals surface area contributed by atoms with E-state index in [4.69, 9.17) is 25.7 Å². The largest absolute Gasteiger partial charge is 0.462 e. The molecule has 0 aromatic heterocycles. The van der Waals surface area contributed by atoms with Crippen LogP contribution in [0.2, 0.25) is 0 Å². The van der Waals surface area contributed by atoms with Gasteiger partial charge in [0, 0.05) is 30.5 Å². The lowest BCUT2D eigenvalue weighted by Crippen LogP contribution is -2.28. The molecule has 2 aromatic carbocycles. The maximum Gasteiger partial charge on any atom is 0.338 e. The molecule has 0 amide bonds. The summed E-state index contributed by atoms with van der Waals surface area (Å²) in [6, 6.07) is 12.2. The lowest BCUT2D eigenvalue weighted by Gasteiger charge is -2.28. The number of carbonyl (C=O) groups is 2. The molecule has 1 fully saturated rings. The number of nitrogen functional groups attached to an aromatic ring is 2. The van der Waals surface area contributed by atoms with Gasteiger partial charge in [-0.15, -0.1) is 0 Å². The van der Waals surface area contributed by atoms with Gasteiger partial charge in [0.15, 0.2) is 0 Å². The second kappa shape index (κ2) is 14.3. The molecule has 4 N–H and O–H groups in total. The number of rotatable bonds is 12. The summed E-state index contributed by atoms with van der Waals surface area (Å²) in [7, 11) is 0. The van der Waals surface area contributed by atoms with Crippen molar-refractivity contribution in [2.75, 3.05) is 24.7 Å². The first-order valence-electron chi connectivity index (χ1n) is 12.9. The maximum absolute atomic E-state index is 12.5. The molecule has 7 nitrogen and oxygen atoms in total. The van der Waals surface area contributed by atoms with Crippen molar-refractivity contribution in [2.45, 2.75) is 70.5 Å². The highest BCUT2D eigenvalue weighted by atomic mass is 16.5. The normalized spacial score (nSPS) is 17.7. The molecule has 0 unspecified atom stereocenters. The molecule has 0 spiro atoms. The SMILES string of the molecule is CCCCCOC1CCC(OC(=O)c2ccc(/C=C/C(=O)OCCc3cc(N)ccc3N)cc2)CC1. The Morgan fingerprint density at radius 3 is 2.39 bits per heavy atom. The fourth-order valence-corrected chi connectivity index (χ4v) is 4.18. The third-order valence-electron chi connectivity index (χ3n) is 6.34. The summed E-state index contributed by atoms with van der Waals surface area (Å²) in [5, 5.41) is 0. The standard InChI is InChI=1S/C29H38N2O5/c1-2-3-4-18-34-25-11-13-26(14-12-25)36-29(33)22-8-5-21(6-9-22)7-16-28(32)35-19-17-23-20-24(30)10-15-27(23)31/h5-10,15-16,20,25-26H,2-4,11-14,17-19,30-31H2,1H3/b16-7+. The highest BCUT2D eigenvalue weighted by molar-refractivity contribution is 5.90. The zero-order chi connectivity index (χ0) is 25.8. The summed E-state index contributed by atoms with van der Waals surface area (Å²) >= 11 is 0. The van der Waals surface area contributed by atoms with Gasteiger partial charge in [0.25, 0.3) is 0 Å². The predicted octanol–water partition coefficient (Wildman–Crippen LogP) is 5.32. The van der Waals surface area contributed by atoms with Crippen molar-refractivity contribution in [3.05, 3.63) is 65.2 Å². The Balaban J connectivity index is 1.37. The smallest absolute Gasteiger partial charge is 0.338 e. The third-order valence-corrected chi connectivity index (χ3v) is 6.34. The number of ether oxygens (including phenoxy) is 3. The maximum atomic E-state index is 12.5. The first kappa shape index (κ1) is 27.3. The zero-order valence-electron chi connectivity index (χ0n) is 21.1. The lowest BCUT2D eigenvalue weighted by molar-refractivity contribution is -0.137. The van der Waals surface area contributed by atoms with Crippen molar-refractivity contribution in [1.82, 2.24) is 0 Å². The number of hydrogen-bond acceptors (Lipinski definition) is 7. The Morgan fingerprint density at radius 2 is 1.67 bits per heavy atom. The summed E-state index contributed by atoms with van der Waals surface area (Å²) in [4.78, 5) is 24.6. The Morgan fingerprint density at radius 1 is 0.944 bits per heavy atom. The van der Waals surface area contributed by atoms with Crippen LogP contribution in [-0.2, 0) is 25.4 Å². The first-order valence-corrected chi connectivity index (χ1v) is 12.9. The zero-order valence-corrected chi connectivity index (χ0v) is 21.1. The first-order chi connectivity index (χ1) is 17.4. The van der Waals surface area contributed by atoms with E-state index in [0.29, 0.717) is 23.4 Å². The van der Waals surface area contributed by atoms with E-state index in [-0.39, 0.29) is 24.8 Å². The number of carbonyl (C=O) groups excluding carboxylic acids is 2. The van der Waals surface area contributed by atoms with Gasteiger partial charge in [-0.25, -0.2) is 9.59 Å². The van der Waals surface area contributed by atoms with Crippen LogP contribution in [0.5, 0.6) is 0 Å². The molecule has 194 valence electrons. The predicted molar refractivity (Wildman–Crippen MR) is 142 cm³/mol. The number of nitrogens with two attached hydrogens (primary N) is 2. The Labute approximate surface area is 213 Å². The van der Waals surface area contributed by atoms with Crippen LogP contribution in [0, 0.1) is 0 Å². The van der Waals surface area contributed by atoms with Gasteiger partial charge < -0.3 is 25.7 Å². The number of esters is 2. The molecule has 3 rings (SSSR count). The van der Waals surface area contributed by atoms with Gasteiger partial charge in [-0.1, -0.05) is 31.9 Å².